The van der Waals surface area contributed by atoms with E-state index >= 15 is 0 Å². The van der Waals surface area contributed by atoms with Gasteiger partial charge in [0.2, 0.25) is 5.89 Å². The third kappa shape index (κ3) is 4.19. The lowest BCUT2D eigenvalue weighted by Gasteiger charge is -2.20. The molecule has 3 aromatic heterocycles. The van der Waals surface area contributed by atoms with Crippen molar-refractivity contribution in [3.05, 3.63) is 70.8 Å². The molecule has 1 unspecified atom stereocenters. The van der Waals surface area contributed by atoms with E-state index in [2.05, 4.69) is 15.3 Å². The second kappa shape index (κ2) is 9.01. The normalized spacial score (nSPS) is 15.7. The molecule has 10 heteroatoms. The Bertz CT molecular complexity index is 1220. The lowest BCUT2D eigenvalue weighted by molar-refractivity contribution is -0.130. The Morgan fingerprint density at radius 2 is 2.09 bits per heavy atom. The summed E-state index contributed by atoms with van der Waals surface area (Å²) in [4.78, 5) is 14.1. The van der Waals surface area contributed by atoms with Gasteiger partial charge >= 0.3 is 0 Å². The number of amides is 1. The van der Waals surface area contributed by atoms with E-state index in [1.165, 1.54) is 16.8 Å². The summed E-state index contributed by atoms with van der Waals surface area (Å²) < 4.78 is 16.4. The maximum atomic E-state index is 13.1. The molecule has 0 radical (unpaired) electrons. The van der Waals surface area contributed by atoms with Gasteiger partial charge in [-0.2, -0.15) is 5.10 Å². The second-order valence-corrected chi connectivity index (χ2v) is 8.79. The number of hydrazone groups is 1. The number of hydrogen-bond acceptors (Lipinski definition) is 9. The van der Waals surface area contributed by atoms with Gasteiger partial charge in [0.1, 0.15) is 17.2 Å². The zero-order chi connectivity index (χ0) is 21.9. The predicted molar refractivity (Wildman–Crippen MR) is 121 cm³/mol. The first kappa shape index (κ1) is 20.5. The fourth-order valence-corrected chi connectivity index (χ4v) is 4.77. The molecule has 8 nitrogen and oxygen atoms in total. The molecule has 0 spiro atoms. The monoisotopic (exact) mass is 466 g/mol. The molecule has 162 valence electrons. The van der Waals surface area contributed by atoms with Crippen molar-refractivity contribution in [2.45, 2.75) is 17.7 Å². The van der Waals surface area contributed by atoms with Gasteiger partial charge in [0.15, 0.2) is 0 Å². The van der Waals surface area contributed by atoms with Crippen molar-refractivity contribution in [1.82, 2.24) is 15.2 Å². The van der Waals surface area contributed by atoms with Crippen LogP contribution in [0.4, 0.5) is 0 Å². The Labute approximate surface area is 191 Å². The average Bonchev–Trinajstić information content (AvgIpc) is 3.63. The highest BCUT2D eigenvalue weighted by molar-refractivity contribution is 7.99. The number of carbonyl (C=O) groups excluding carboxylic acids is 1. The van der Waals surface area contributed by atoms with Gasteiger partial charge < -0.3 is 13.6 Å². The third-order valence-electron chi connectivity index (χ3n) is 4.91. The molecule has 1 atom stereocenters. The molecule has 4 aromatic rings. The number of hydrogen-bond donors (Lipinski definition) is 0. The van der Waals surface area contributed by atoms with Crippen LogP contribution in [0.5, 0.6) is 5.75 Å². The number of aromatic nitrogens is 2. The predicted octanol–water partition coefficient (Wildman–Crippen LogP) is 4.87. The van der Waals surface area contributed by atoms with Crippen molar-refractivity contribution in [3.63, 3.8) is 0 Å². The van der Waals surface area contributed by atoms with Crippen LogP contribution in [0, 0.1) is 0 Å². The number of thiophene rings is 1. The number of benzene rings is 1. The summed E-state index contributed by atoms with van der Waals surface area (Å²) in [6, 6.07) is 14.8. The maximum Gasteiger partial charge on any atom is 0.277 e. The van der Waals surface area contributed by atoms with Gasteiger partial charge in [0.05, 0.1) is 25.2 Å². The molecular formula is C22H18N4O4S2. The maximum absolute atomic E-state index is 13.1. The van der Waals surface area contributed by atoms with Crippen LogP contribution in [0.15, 0.2) is 79.3 Å². The minimum atomic E-state index is -0.152. The van der Waals surface area contributed by atoms with Gasteiger partial charge in [0.25, 0.3) is 11.1 Å². The summed E-state index contributed by atoms with van der Waals surface area (Å²) >= 11 is 2.80. The van der Waals surface area contributed by atoms with Gasteiger partial charge in [-0.05, 0) is 47.8 Å². The van der Waals surface area contributed by atoms with E-state index < -0.39 is 0 Å². The molecule has 1 aliphatic heterocycles. The van der Waals surface area contributed by atoms with Gasteiger partial charge in [-0.15, -0.1) is 21.5 Å². The zero-order valence-electron chi connectivity index (χ0n) is 17.0. The van der Waals surface area contributed by atoms with E-state index in [1.54, 1.807) is 24.7 Å². The van der Waals surface area contributed by atoms with Gasteiger partial charge in [-0.25, -0.2) is 5.01 Å². The average molecular weight is 467 g/mol. The summed E-state index contributed by atoms with van der Waals surface area (Å²) in [5.41, 5.74) is 1.54. The summed E-state index contributed by atoms with van der Waals surface area (Å²) in [5, 5.41) is 16.6. The topological polar surface area (TPSA) is 94.0 Å². The Morgan fingerprint density at radius 1 is 1.22 bits per heavy atom. The summed E-state index contributed by atoms with van der Waals surface area (Å²) in [5.74, 6) is 1.79. The minimum absolute atomic E-state index is 0.126. The number of rotatable bonds is 7. The van der Waals surface area contributed by atoms with Crippen molar-refractivity contribution in [3.8, 4) is 17.2 Å². The van der Waals surface area contributed by atoms with Crippen molar-refractivity contribution >= 4 is 34.7 Å². The number of carbonyl (C=O) groups is 1. The van der Waals surface area contributed by atoms with Gasteiger partial charge in [0, 0.05) is 16.9 Å². The van der Waals surface area contributed by atoms with Crippen LogP contribution in [-0.2, 0) is 4.79 Å². The molecule has 5 rings (SSSR count). The SMILES string of the molecule is COc1ccc(-c2nnc(SCC(=O)N3N=C(c4ccco4)CC3c3cccs3)o2)cc1. The Morgan fingerprint density at radius 3 is 2.81 bits per heavy atom. The highest BCUT2D eigenvalue weighted by Crippen LogP contribution is 2.36. The highest BCUT2D eigenvalue weighted by atomic mass is 32.2. The van der Waals surface area contributed by atoms with Gasteiger partial charge in [-0.1, -0.05) is 17.8 Å². The lowest BCUT2D eigenvalue weighted by atomic mass is 10.1. The molecule has 0 saturated carbocycles. The highest BCUT2D eigenvalue weighted by Gasteiger charge is 2.34. The van der Waals surface area contributed by atoms with E-state index in [9.17, 15) is 4.79 Å². The van der Waals surface area contributed by atoms with Crippen LogP contribution in [-0.4, -0.2) is 39.7 Å². The number of thioether (sulfide) groups is 1. The molecule has 0 bridgehead atoms. The van der Waals surface area contributed by atoms with Crippen LogP contribution in [0.25, 0.3) is 11.5 Å². The van der Waals surface area contributed by atoms with Crippen molar-refractivity contribution < 1.29 is 18.4 Å². The summed E-state index contributed by atoms with van der Waals surface area (Å²) in [6.45, 7) is 0. The first-order chi connectivity index (χ1) is 15.7. The molecule has 0 aliphatic carbocycles. The molecular weight excluding hydrogens is 448 g/mol. The lowest BCUT2D eigenvalue weighted by Crippen LogP contribution is -2.28. The first-order valence-corrected chi connectivity index (χ1v) is 11.7. The Balaban J connectivity index is 1.28. The van der Waals surface area contributed by atoms with Crippen LogP contribution >= 0.6 is 23.1 Å². The van der Waals surface area contributed by atoms with Crippen LogP contribution in [0.2, 0.25) is 0 Å². The first-order valence-electron chi connectivity index (χ1n) is 9.79. The number of furan rings is 1. The molecule has 4 heterocycles. The second-order valence-electron chi connectivity index (χ2n) is 6.89. The smallest absolute Gasteiger partial charge is 0.277 e. The van der Waals surface area contributed by atoms with E-state index in [0.717, 1.165) is 21.9 Å². The fourth-order valence-electron chi connectivity index (χ4n) is 3.34. The Hall–Kier alpha value is -3.37. The summed E-state index contributed by atoms with van der Waals surface area (Å²) in [6.07, 6.45) is 2.21. The quantitative estimate of drug-likeness (QED) is 0.359. The largest absolute Gasteiger partial charge is 0.497 e. The van der Waals surface area contributed by atoms with Crippen molar-refractivity contribution in [1.29, 1.82) is 0 Å². The van der Waals surface area contributed by atoms with Crippen LogP contribution < -0.4 is 4.74 Å². The van der Waals surface area contributed by atoms with E-state index in [0.29, 0.717) is 23.3 Å². The summed E-state index contributed by atoms with van der Waals surface area (Å²) in [7, 11) is 1.61. The van der Waals surface area contributed by atoms with Crippen LogP contribution in [0.3, 0.4) is 0 Å². The van der Waals surface area contributed by atoms with Gasteiger partial charge in [-0.3, -0.25) is 4.79 Å². The molecule has 1 amide bonds. The number of methoxy groups -OCH3 is 1. The number of nitrogens with zero attached hydrogens (tertiary/aromatic N) is 4. The van der Waals surface area contributed by atoms with E-state index in [4.69, 9.17) is 13.6 Å². The van der Waals surface area contributed by atoms with Crippen molar-refractivity contribution in [2.24, 2.45) is 5.10 Å². The fraction of sp³-hybridized carbons (Fsp3) is 0.182. The molecule has 0 N–H and O–H groups in total. The third-order valence-corrected chi connectivity index (χ3v) is 6.68. The van der Waals surface area contributed by atoms with E-state index in [1.807, 2.05) is 53.9 Å². The molecule has 1 aliphatic rings. The molecule has 1 aromatic carbocycles. The minimum Gasteiger partial charge on any atom is -0.497 e. The molecule has 0 fully saturated rings. The Kier molecular flexibility index (Phi) is 5.78. The van der Waals surface area contributed by atoms with Crippen molar-refractivity contribution in [2.75, 3.05) is 12.9 Å². The molecule has 0 saturated heterocycles. The molecule has 32 heavy (non-hydrogen) atoms. The van der Waals surface area contributed by atoms with Crippen LogP contribution in [0.1, 0.15) is 23.1 Å². The number of ether oxygens (including phenoxy) is 1. The zero-order valence-corrected chi connectivity index (χ0v) is 18.6. The standard InChI is InChI=1S/C22H18N4O4S2/c1-28-15-8-6-14(7-9-15)21-23-24-22(30-21)32-13-20(27)26-17(19-5-3-11-31-19)12-16(25-26)18-4-2-10-29-18/h2-11,17H,12-13H2,1H3. The van der Waals surface area contributed by atoms with E-state index in [-0.39, 0.29) is 17.7 Å².